The number of anilines is 1. The van der Waals surface area contributed by atoms with Crippen molar-refractivity contribution >= 4 is 27.1 Å². The summed E-state index contributed by atoms with van der Waals surface area (Å²) in [6, 6.07) is 8.00. The maximum Gasteiger partial charge on any atom is 0.265 e. The van der Waals surface area contributed by atoms with Crippen LogP contribution in [0.1, 0.15) is 58.1 Å². The Morgan fingerprint density at radius 2 is 1.88 bits per heavy atom. The molecule has 0 saturated heterocycles. The molecule has 3 aliphatic heterocycles. The van der Waals surface area contributed by atoms with E-state index in [1.54, 1.807) is 0 Å². The predicted octanol–water partition coefficient (Wildman–Crippen LogP) is 3.65. The number of allylic oxidation sites excluding steroid dienone is 1. The molecule has 0 radical (unpaired) electrons. The number of ether oxygens (including phenoxy) is 1. The Morgan fingerprint density at radius 1 is 1.18 bits per heavy atom. The first kappa shape index (κ1) is 23.1. The Kier molecular flexibility index (Phi) is 4.85. The van der Waals surface area contributed by atoms with Gasteiger partial charge in [0.25, 0.3) is 10.1 Å². The minimum atomic E-state index is -4.13. The molecule has 1 N–H and O–H groups in total. The van der Waals surface area contributed by atoms with Crippen LogP contribution in [0.2, 0.25) is 0 Å². The Bertz CT molecular complexity index is 1500. The number of fused-ring (bicyclic) bond motifs is 4. The molecule has 0 amide bonds. The van der Waals surface area contributed by atoms with E-state index in [1.807, 2.05) is 19.2 Å². The third kappa shape index (κ3) is 3.64. The highest BCUT2D eigenvalue weighted by Gasteiger charge is 2.40. The van der Waals surface area contributed by atoms with Crippen molar-refractivity contribution in [2.45, 2.75) is 58.0 Å². The van der Waals surface area contributed by atoms with E-state index in [2.05, 4.69) is 69.4 Å². The Labute approximate surface area is 200 Å². The quantitative estimate of drug-likeness (QED) is 0.445. The molecule has 5 rings (SSSR count). The maximum atomic E-state index is 11.8. The summed E-state index contributed by atoms with van der Waals surface area (Å²) < 4.78 is 41.7. The van der Waals surface area contributed by atoms with Crippen LogP contribution in [-0.2, 0) is 10.1 Å². The van der Waals surface area contributed by atoms with Gasteiger partial charge in [0.05, 0.1) is 17.4 Å². The van der Waals surface area contributed by atoms with Gasteiger partial charge in [-0.2, -0.15) is 8.42 Å². The van der Waals surface area contributed by atoms with Gasteiger partial charge in [-0.1, -0.05) is 6.08 Å². The predicted molar refractivity (Wildman–Crippen MR) is 135 cm³/mol. The Balaban J connectivity index is 1.71. The second-order valence-corrected chi connectivity index (χ2v) is 12.5. The first-order valence-electron chi connectivity index (χ1n) is 11.5. The van der Waals surface area contributed by atoms with Crippen LogP contribution in [0.15, 0.2) is 35.3 Å². The van der Waals surface area contributed by atoms with Gasteiger partial charge in [-0.3, -0.25) is 4.55 Å². The molecule has 2 aromatic carbocycles. The zero-order valence-electron chi connectivity index (χ0n) is 20.8. The third-order valence-corrected chi connectivity index (χ3v) is 8.56. The fourth-order valence-electron chi connectivity index (χ4n) is 5.52. The lowest BCUT2D eigenvalue weighted by molar-refractivity contribution is 0.291. The fourth-order valence-corrected chi connectivity index (χ4v) is 6.33. The first-order chi connectivity index (χ1) is 15.7. The van der Waals surface area contributed by atoms with E-state index in [9.17, 15) is 13.0 Å². The van der Waals surface area contributed by atoms with E-state index in [1.165, 1.54) is 5.57 Å². The molecule has 0 aliphatic carbocycles. The zero-order valence-corrected chi connectivity index (χ0v) is 21.6. The smallest absolute Gasteiger partial charge is 0.265 e. The second kappa shape index (κ2) is 7.15. The fraction of sp³-hybridized carbons (Fsp3) is 0.462. The molecule has 0 bridgehead atoms. The molecule has 34 heavy (non-hydrogen) atoms. The Hall–Kier alpha value is -2.71. The van der Waals surface area contributed by atoms with E-state index in [0.717, 1.165) is 27.9 Å². The molecule has 8 heteroatoms. The van der Waals surface area contributed by atoms with Crippen molar-refractivity contribution in [2.24, 2.45) is 4.99 Å². The molecule has 180 valence electrons. The van der Waals surface area contributed by atoms with Crippen LogP contribution in [0, 0.1) is 0 Å². The number of likely N-dealkylation sites (N-methyl/N-ethyl adjacent to an activating group) is 1. The molecule has 1 unspecified atom stereocenters. The van der Waals surface area contributed by atoms with Gasteiger partial charge in [0.2, 0.25) is 5.36 Å². The van der Waals surface area contributed by atoms with E-state index in [4.69, 9.17) is 9.73 Å². The minimum absolute atomic E-state index is 0.107. The van der Waals surface area contributed by atoms with Crippen molar-refractivity contribution < 1.29 is 17.7 Å². The maximum absolute atomic E-state index is 11.8. The summed E-state index contributed by atoms with van der Waals surface area (Å²) in [5.74, 6) is 0.706. The zero-order chi connectivity index (χ0) is 24.8. The van der Waals surface area contributed by atoms with Crippen molar-refractivity contribution in [3.05, 3.63) is 52.2 Å². The number of benzene rings is 2. The topological polar surface area (TPSA) is 82.2 Å². The lowest BCUT2D eigenvalue weighted by atomic mass is 9.83. The number of hydrogen-bond donors (Lipinski definition) is 1. The van der Waals surface area contributed by atoms with Gasteiger partial charge in [-0.15, -0.1) is 0 Å². The molecular formula is C26H32N3O4S+. The van der Waals surface area contributed by atoms with E-state index >= 15 is 0 Å². The van der Waals surface area contributed by atoms with Crippen LogP contribution in [-0.4, -0.2) is 43.9 Å². The summed E-state index contributed by atoms with van der Waals surface area (Å²) in [5.41, 5.74) is 4.66. The average Bonchev–Trinajstić information content (AvgIpc) is 2.71. The summed E-state index contributed by atoms with van der Waals surface area (Å²) in [6.45, 7) is 10.6. The lowest BCUT2D eigenvalue weighted by Gasteiger charge is -2.41. The van der Waals surface area contributed by atoms with Crippen molar-refractivity contribution in [2.75, 3.05) is 24.7 Å². The molecule has 0 fully saturated rings. The van der Waals surface area contributed by atoms with Gasteiger partial charge < -0.3 is 9.64 Å². The highest BCUT2D eigenvalue weighted by atomic mass is 32.2. The van der Waals surface area contributed by atoms with Crippen molar-refractivity contribution in [1.82, 2.24) is 4.58 Å². The molecule has 0 spiro atoms. The van der Waals surface area contributed by atoms with Crippen LogP contribution >= 0.6 is 0 Å². The molecule has 1 atom stereocenters. The van der Waals surface area contributed by atoms with E-state index in [0.29, 0.717) is 23.3 Å². The SMILES string of the molecule is CC1=CC(C)(C)N(C)c2cc3c(cc21)N=c1cc2c(cc1O3)=[N+](C)C(C)(C)CC2CS(=O)(=O)O. The second-order valence-electron chi connectivity index (χ2n) is 11.0. The lowest BCUT2D eigenvalue weighted by Crippen LogP contribution is -2.51. The number of rotatable bonds is 2. The van der Waals surface area contributed by atoms with Gasteiger partial charge in [-0.05, 0) is 52.3 Å². The monoisotopic (exact) mass is 482 g/mol. The Morgan fingerprint density at radius 3 is 2.56 bits per heavy atom. The van der Waals surface area contributed by atoms with Crippen LogP contribution in [0.25, 0.3) is 5.57 Å². The molecule has 0 saturated carbocycles. The van der Waals surface area contributed by atoms with Crippen LogP contribution in [0.5, 0.6) is 11.5 Å². The van der Waals surface area contributed by atoms with Gasteiger partial charge in [0.15, 0.2) is 17.0 Å². The van der Waals surface area contributed by atoms with Crippen molar-refractivity contribution in [3.63, 3.8) is 0 Å². The molecule has 2 aromatic rings. The normalized spacial score (nSPS) is 21.9. The largest absolute Gasteiger partial charge is 0.452 e. The van der Waals surface area contributed by atoms with Crippen molar-refractivity contribution in [1.29, 1.82) is 0 Å². The summed E-state index contributed by atoms with van der Waals surface area (Å²) in [5, 5.41) is 1.57. The average molecular weight is 483 g/mol. The van der Waals surface area contributed by atoms with Gasteiger partial charge >= 0.3 is 0 Å². The molecule has 3 heterocycles. The highest BCUT2D eigenvalue weighted by Crippen LogP contribution is 2.45. The molecule has 7 nitrogen and oxygen atoms in total. The number of hydrogen-bond acceptors (Lipinski definition) is 5. The number of nitrogens with zero attached hydrogens (tertiary/aromatic N) is 3. The molecule has 3 aliphatic rings. The summed E-state index contributed by atoms with van der Waals surface area (Å²) >= 11 is 0. The van der Waals surface area contributed by atoms with E-state index in [-0.39, 0.29) is 22.7 Å². The summed E-state index contributed by atoms with van der Waals surface area (Å²) in [4.78, 5) is 7.16. The van der Waals surface area contributed by atoms with Gasteiger partial charge in [-0.25, -0.2) is 9.57 Å². The molecular weight excluding hydrogens is 450 g/mol. The van der Waals surface area contributed by atoms with E-state index < -0.39 is 10.1 Å². The van der Waals surface area contributed by atoms with Gasteiger partial charge in [0.1, 0.15) is 18.1 Å². The van der Waals surface area contributed by atoms with Crippen LogP contribution in [0.4, 0.5) is 11.4 Å². The first-order valence-corrected chi connectivity index (χ1v) is 13.2. The highest BCUT2D eigenvalue weighted by molar-refractivity contribution is 7.85. The third-order valence-electron chi connectivity index (χ3n) is 7.73. The summed E-state index contributed by atoms with van der Waals surface area (Å²) in [6.07, 6.45) is 2.86. The van der Waals surface area contributed by atoms with Crippen LogP contribution in [0.3, 0.4) is 0 Å². The minimum Gasteiger partial charge on any atom is -0.452 e. The summed E-state index contributed by atoms with van der Waals surface area (Å²) in [7, 11) is -0.0331. The van der Waals surface area contributed by atoms with Crippen LogP contribution < -0.4 is 24.9 Å². The van der Waals surface area contributed by atoms with Gasteiger partial charge in [0, 0.05) is 42.3 Å². The van der Waals surface area contributed by atoms with Crippen molar-refractivity contribution in [3.8, 4) is 11.5 Å². The standard InChI is InChI=1S/C26H31N3O4S/c1-15-12-25(2,3)28(6)21-10-23-19(8-17(15)21)27-20-9-18-16(14-34(30,31)32)13-26(4,5)29(7)22(18)11-24(20)33-23/h8-12,16H,13-14H2,1-7H3/p+1. The molecule has 0 aromatic heterocycles.